The van der Waals surface area contributed by atoms with Gasteiger partial charge in [0, 0.05) is 10.4 Å². The van der Waals surface area contributed by atoms with Gasteiger partial charge in [-0.2, -0.15) is 5.10 Å². The Morgan fingerprint density at radius 1 is 1.22 bits per heavy atom. The van der Waals surface area contributed by atoms with Crippen LogP contribution in [-0.4, -0.2) is 21.1 Å². The third-order valence-corrected chi connectivity index (χ3v) is 5.01. The predicted octanol–water partition coefficient (Wildman–Crippen LogP) is 4.71. The lowest BCUT2D eigenvalue weighted by Gasteiger charge is -1.99. The Hall–Kier alpha value is -1.89. The number of nitrogens with one attached hydrogen (secondary N) is 2. The number of benzene rings is 1. The number of hydrogen-bond acceptors (Lipinski definition) is 4. The van der Waals surface area contributed by atoms with Crippen LogP contribution in [0.4, 0.5) is 5.13 Å². The summed E-state index contributed by atoms with van der Waals surface area (Å²) in [6.07, 6.45) is 0. The van der Waals surface area contributed by atoms with Crippen LogP contribution in [0, 0.1) is 13.8 Å². The fourth-order valence-corrected chi connectivity index (χ4v) is 3.04. The predicted molar refractivity (Wildman–Crippen MR) is 93.6 cm³/mol. The number of nitrogens with zero attached hydrogens (tertiary/aromatic N) is 2. The van der Waals surface area contributed by atoms with E-state index in [1.54, 1.807) is 24.3 Å². The van der Waals surface area contributed by atoms with Gasteiger partial charge in [-0.3, -0.25) is 15.2 Å². The third-order valence-electron chi connectivity index (χ3n) is 3.29. The van der Waals surface area contributed by atoms with Gasteiger partial charge in [-0.25, -0.2) is 4.98 Å². The number of anilines is 1. The van der Waals surface area contributed by atoms with Gasteiger partial charge in [-0.1, -0.05) is 29.3 Å². The monoisotopic (exact) mass is 366 g/mol. The Morgan fingerprint density at radius 2 is 2.00 bits per heavy atom. The largest absolute Gasteiger partial charge is 0.296 e. The average molecular weight is 367 g/mol. The first-order valence-corrected chi connectivity index (χ1v) is 8.27. The number of H-pyrrole nitrogens is 1. The Kier molecular flexibility index (Phi) is 4.39. The lowest BCUT2D eigenvalue weighted by Crippen LogP contribution is -2.12. The van der Waals surface area contributed by atoms with E-state index in [0.29, 0.717) is 26.6 Å². The fraction of sp³-hybridized carbons (Fsp3) is 0.133. The molecule has 0 unspecified atom stereocenters. The number of aromatic amines is 1. The molecular weight excluding hydrogens is 355 g/mol. The molecular formula is C15H12Cl2N4OS. The van der Waals surface area contributed by atoms with Crippen molar-refractivity contribution in [1.82, 2.24) is 15.2 Å². The highest BCUT2D eigenvalue weighted by molar-refractivity contribution is 7.15. The van der Waals surface area contributed by atoms with Crippen molar-refractivity contribution in [1.29, 1.82) is 0 Å². The molecule has 2 aromatic heterocycles. The molecule has 0 aliphatic rings. The molecule has 0 radical (unpaired) electrons. The maximum absolute atomic E-state index is 12.2. The topological polar surface area (TPSA) is 70.7 Å². The molecule has 23 heavy (non-hydrogen) atoms. The van der Waals surface area contributed by atoms with Gasteiger partial charge < -0.3 is 0 Å². The zero-order valence-electron chi connectivity index (χ0n) is 12.3. The number of aryl methyl sites for hydroxylation is 2. The van der Waals surface area contributed by atoms with Crippen LogP contribution in [0.2, 0.25) is 10.0 Å². The third kappa shape index (κ3) is 3.39. The Labute approximate surface area is 146 Å². The maximum atomic E-state index is 12.2. The summed E-state index contributed by atoms with van der Waals surface area (Å²) in [4.78, 5) is 17.6. The second-order valence-corrected chi connectivity index (χ2v) is 6.93. The van der Waals surface area contributed by atoms with Crippen molar-refractivity contribution < 1.29 is 4.79 Å². The van der Waals surface area contributed by atoms with Gasteiger partial charge in [0.05, 0.1) is 21.4 Å². The van der Waals surface area contributed by atoms with Gasteiger partial charge in [-0.05, 0) is 32.0 Å². The quantitative estimate of drug-likeness (QED) is 0.704. The number of aromatic nitrogens is 3. The summed E-state index contributed by atoms with van der Waals surface area (Å²) in [5, 5.41) is 11.1. The molecule has 0 fully saturated rings. The van der Waals surface area contributed by atoms with Crippen molar-refractivity contribution in [2.75, 3.05) is 5.32 Å². The molecule has 3 aromatic rings. The summed E-state index contributed by atoms with van der Waals surface area (Å²) in [5.74, 6) is -0.294. The molecule has 2 N–H and O–H groups in total. The smallest absolute Gasteiger partial charge is 0.275 e. The van der Waals surface area contributed by atoms with Crippen LogP contribution >= 0.6 is 34.5 Å². The number of carbonyl (C=O) groups excluding carboxylic acids is 1. The summed E-state index contributed by atoms with van der Waals surface area (Å²) in [6.45, 7) is 3.86. The zero-order valence-corrected chi connectivity index (χ0v) is 14.6. The summed E-state index contributed by atoms with van der Waals surface area (Å²) < 4.78 is 0. The van der Waals surface area contributed by atoms with Crippen molar-refractivity contribution in [2.45, 2.75) is 13.8 Å². The first-order valence-electron chi connectivity index (χ1n) is 6.70. The number of amides is 1. The van der Waals surface area contributed by atoms with E-state index in [0.717, 1.165) is 16.1 Å². The SMILES string of the molecule is Cc1nc(NC(=O)c2cc(-c3ccc(Cl)c(Cl)c3)n[nH]2)sc1C. The first-order chi connectivity index (χ1) is 10.9. The number of rotatable bonds is 3. The second kappa shape index (κ2) is 6.31. The lowest BCUT2D eigenvalue weighted by atomic mass is 10.1. The minimum Gasteiger partial charge on any atom is -0.296 e. The van der Waals surface area contributed by atoms with Gasteiger partial charge in [0.15, 0.2) is 5.13 Å². The van der Waals surface area contributed by atoms with Crippen molar-refractivity contribution >= 4 is 45.6 Å². The summed E-state index contributed by atoms with van der Waals surface area (Å²) in [7, 11) is 0. The molecule has 2 heterocycles. The van der Waals surface area contributed by atoms with Crippen LogP contribution in [0.25, 0.3) is 11.3 Å². The number of carbonyl (C=O) groups is 1. The summed E-state index contributed by atoms with van der Waals surface area (Å²) in [5.41, 5.74) is 2.64. The van der Waals surface area contributed by atoms with Gasteiger partial charge in [-0.15, -0.1) is 11.3 Å². The van der Waals surface area contributed by atoms with Gasteiger partial charge in [0.25, 0.3) is 5.91 Å². The average Bonchev–Trinajstić information content (AvgIpc) is 3.10. The highest BCUT2D eigenvalue weighted by Gasteiger charge is 2.14. The van der Waals surface area contributed by atoms with E-state index in [-0.39, 0.29) is 5.91 Å². The molecule has 8 heteroatoms. The number of thiazole rings is 1. The molecule has 0 aliphatic carbocycles. The molecule has 3 rings (SSSR count). The van der Waals surface area contributed by atoms with E-state index in [1.165, 1.54) is 11.3 Å². The molecule has 0 spiro atoms. The molecule has 0 bridgehead atoms. The Balaban J connectivity index is 1.80. The fourth-order valence-electron chi connectivity index (χ4n) is 1.93. The molecule has 1 amide bonds. The van der Waals surface area contributed by atoms with E-state index in [9.17, 15) is 4.79 Å². The van der Waals surface area contributed by atoms with E-state index < -0.39 is 0 Å². The van der Waals surface area contributed by atoms with Crippen LogP contribution < -0.4 is 5.32 Å². The van der Waals surface area contributed by atoms with Gasteiger partial charge >= 0.3 is 0 Å². The molecule has 5 nitrogen and oxygen atoms in total. The zero-order chi connectivity index (χ0) is 16.6. The number of hydrogen-bond donors (Lipinski definition) is 2. The van der Waals surface area contributed by atoms with Gasteiger partial charge in [0.2, 0.25) is 0 Å². The highest BCUT2D eigenvalue weighted by atomic mass is 35.5. The molecule has 0 saturated heterocycles. The lowest BCUT2D eigenvalue weighted by molar-refractivity contribution is 0.102. The van der Waals surface area contributed by atoms with Gasteiger partial charge in [0.1, 0.15) is 5.69 Å². The van der Waals surface area contributed by atoms with E-state index in [1.807, 2.05) is 13.8 Å². The van der Waals surface area contributed by atoms with E-state index in [2.05, 4.69) is 20.5 Å². The summed E-state index contributed by atoms with van der Waals surface area (Å²) in [6, 6.07) is 6.84. The first kappa shape index (κ1) is 16.0. The molecule has 1 aromatic carbocycles. The molecule has 118 valence electrons. The van der Waals surface area contributed by atoms with E-state index >= 15 is 0 Å². The van der Waals surface area contributed by atoms with Crippen molar-refractivity contribution in [3.8, 4) is 11.3 Å². The van der Waals surface area contributed by atoms with Crippen LogP contribution in [-0.2, 0) is 0 Å². The maximum Gasteiger partial charge on any atom is 0.275 e. The summed E-state index contributed by atoms with van der Waals surface area (Å²) >= 11 is 13.3. The number of halogens is 2. The Bertz CT molecular complexity index is 868. The minimum atomic E-state index is -0.294. The highest BCUT2D eigenvalue weighted by Crippen LogP contribution is 2.28. The van der Waals surface area contributed by atoms with Crippen LogP contribution in [0.3, 0.4) is 0 Å². The molecule has 0 saturated carbocycles. The molecule has 0 atom stereocenters. The van der Waals surface area contributed by atoms with Crippen LogP contribution in [0.15, 0.2) is 24.3 Å². The van der Waals surface area contributed by atoms with Crippen LogP contribution in [0.1, 0.15) is 21.1 Å². The Morgan fingerprint density at radius 3 is 2.65 bits per heavy atom. The van der Waals surface area contributed by atoms with Crippen molar-refractivity contribution in [3.05, 3.63) is 50.6 Å². The van der Waals surface area contributed by atoms with Crippen LogP contribution in [0.5, 0.6) is 0 Å². The van der Waals surface area contributed by atoms with E-state index in [4.69, 9.17) is 23.2 Å². The normalized spacial score (nSPS) is 10.8. The molecule has 0 aliphatic heterocycles. The standard InChI is InChI=1S/C15H12Cl2N4OS/c1-7-8(2)23-15(18-7)19-14(22)13-6-12(20-21-13)9-3-4-10(16)11(17)5-9/h3-6H,1-2H3,(H,20,21)(H,18,19,22). The van der Waals surface area contributed by atoms with Crippen molar-refractivity contribution in [2.24, 2.45) is 0 Å². The van der Waals surface area contributed by atoms with Crippen molar-refractivity contribution in [3.63, 3.8) is 0 Å². The minimum absolute atomic E-state index is 0.294. The second-order valence-electron chi connectivity index (χ2n) is 4.91.